The minimum atomic E-state index is 0.209. The van der Waals surface area contributed by atoms with E-state index in [0.29, 0.717) is 0 Å². The molecule has 0 spiro atoms. The van der Waals surface area contributed by atoms with Crippen molar-refractivity contribution < 1.29 is 0 Å². The maximum atomic E-state index is 3.77. The Morgan fingerprint density at radius 3 is 1.39 bits per heavy atom. The highest BCUT2D eigenvalue weighted by atomic mass is 15.2. The second-order valence-electron chi connectivity index (χ2n) is 7.16. The van der Waals surface area contributed by atoms with E-state index in [0.717, 1.165) is 25.9 Å². The molecular formula is C22H39N. The van der Waals surface area contributed by atoms with Gasteiger partial charge in [0, 0.05) is 18.6 Å². The van der Waals surface area contributed by atoms with Crippen LogP contribution in [0.3, 0.4) is 0 Å². The van der Waals surface area contributed by atoms with E-state index in [1.165, 1.54) is 38.5 Å². The van der Waals surface area contributed by atoms with Gasteiger partial charge in [0.2, 0.25) is 0 Å². The van der Waals surface area contributed by atoms with Crippen LogP contribution in [0.4, 0.5) is 0 Å². The molecule has 0 aliphatic rings. The van der Waals surface area contributed by atoms with Crippen molar-refractivity contribution in [3.05, 3.63) is 49.6 Å². The standard InChI is InChI=1S/C22H39N/c1-6-8-10-12-14-16-18-20-23(22(3,4)5)21-19-17-15-13-11-9-7-2/h6-7,16-19H,1-2,8-15,20-21H2,3-5H3. The van der Waals surface area contributed by atoms with Crippen molar-refractivity contribution in [2.75, 3.05) is 13.1 Å². The number of hydrogen-bond acceptors (Lipinski definition) is 1. The molecule has 0 N–H and O–H groups in total. The highest BCUT2D eigenvalue weighted by Gasteiger charge is 2.18. The monoisotopic (exact) mass is 317 g/mol. The lowest BCUT2D eigenvalue weighted by atomic mass is 10.1. The van der Waals surface area contributed by atoms with Crippen molar-refractivity contribution in [3.8, 4) is 0 Å². The summed E-state index contributed by atoms with van der Waals surface area (Å²) < 4.78 is 0. The van der Waals surface area contributed by atoms with Crippen molar-refractivity contribution in [3.63, 3.8) is 0 Å². The zero-order valence-electron chi connectivity index (χ0n) is 15.9. The first kappa shape index (κ1) is 21.9. The molecule has 1 nitrogen and oxygen atoms in total. The third-order valence-electron chi connectivity index (χ3n) is 3.99. The van der Waals surface area contributed by atoms with E-state index in [1.807, 2.05) is 12.2 Å². The minimum Gasteiger partial charge on any atom is -0.291 e. The molecule has 0 radical (unpaired) electrons. The summed E-state index contributed by atoms with van der Waals surface area (Å²) >= 11 is 0. The predicted molar refractivity (Wildman–Crippen MR) is 107 cm³/mol. The van der Waals surface area contributed by atoms with Gasteiger partial charge in [0.1, 0.15) is 0 Å². The molecule has 0 bridgehead atoms. The minimum absolute atomic E-state index is 0.209. The van der Waals surface area contributed by atoms with Gasteiger partial charge in [-0.3, -0.25) is 4.90 Å². The van der Waals surface area contributed by atoms with E-state index < -0.39 is 0 Å². The fourth-order valence-electron chi connectivity index (χ4n) is 2.36. The van der Waals surface area contributed by atoms with Gasteiger partial charge in [0.05, 0.1) is 0 Å². The Morgan fingerprint density at radius 1 is 0.652 bits per heavy atom. The van der Waals surface area contributed by atoms with E-state index in [9.17, 15) is 0 Å². The Hall–Kier alpha value is -1.08. The van der Waals surface area contributed by atoms with E-state index >= 15 is 0 Å². The number of rotatable bonds is 14. The third kappa shape index (κ3) is 14.3. The Labute approximate surface area is 145 Å². The molecule has 0 rings (SSSR count). The summed E-state index contributed by atoms with van der Waals surface area (Å²) in [5.41, 5.74) is 0.209. The van der Waals surface area contributed by atoms with Gasteiger partial charge in [-0.1, -0.05) is 36.5 Å². The van der Waals surface area contributed by atoms with Crippen LogP contribution in [0.5, 0.6) is 0 Å². The van der Waals surface area contributed by atoms with Crippen molar-refractivity contribution in [1.29, 1.82) is 0 Å². The molecule has 0 unspecified atom stereocenters. The zero-order chi connectivity index (χ0) is 17.4. The van der Waals surface area contributed by atoms with Gasteiger partial charge in [-0.2, -0.15) is 0 Å². The average molecular weight is 318 g/mol. The van der Waals surface area contributed by atoms with Gasteiger partial charge < -0.3 is 0 Å². The second kappa shape index (κ2) is 14.5. The SMILES string of the molecule is C=CCCCCC=CCN(CC=CCCCCC=C)C(C)(C)C. The van der Waals surface area contributed by atoms with Gasteiger partial charge >= 0.3 is 0 Å². The quantitative estimate of drug-likeness (QED) is 0.255. The molecule has 0 saturated carbocycles. The summed E-state index contributed by atoms with van der Waals surface area (Å²) in [7, 11) is 0. The molecule has 132 valence electrons. The van der Waals surface area contributed by atoms with Gasteiger partial charge in [0.15, 0.2) is 0 Å². The summed E-state index contributed by atoms with van der Waals surface area (Å²) in [5.74, 6) is 0. The van der Waals surface area contributed by atoms with Crippen LogP contribution >= 0.6 is 0 Å². The Kier molecular flexibility index (Phi) is 13.8. The molecular weight excluding hydrogens is 278 g/mol. The Balaban J connectivity index is 4.03. The molecule has 1 heteroatoms. The molecule has 0 amide bonds. The lowest BCUT2D eigenvalue weighted by Gasteiger charge is -2.34. The smallest absolute Gasteiger partial charge is 0.0171 e. The normalized spacial score (nSPS) is 12.5. The molecule has 0 aromatic rings. The summed E-state index contributed by atoms with van der Waals surface area (Å²) in [6.07, 6.45) is 23.0. The lowest BCUT2D eigenvalue weighted by molar-refractivity contribution is 0.172. The molecule has 0 saturated heterocycles. The molecule has 23 heavy (non-hydrogen) atoms. The summed E-state index contributed by atoms with van der Waals surface area (Å²) in [6.45, 7) is 16.5. The van der Waals surface area contributed by atoms with Crippen LogP contribution in [-0.4, -0.2) is 23.5 Å². The van der Waals surface area contributed by atoms with Crippen LogP contribution < -0.4 is 0 Å². The second-order valence-corrected chi connectivity index (χ2v) is 7.16. The highest BCUT2D eigenvalue weighted by Crippen LogP contribution is 2.13. The van der Waals surface area contributed by atoms with Crippen LogP contribution in [-0.2, 0) is 0 Å². The molecule has 0 aliphatic heterocycles. The number of unbranched alkanes of at least 4 members (excludes halogenated alkanes) is 6. The van der Waals surface area contributed by atoms with Crippen molar-refractivity contribution in [1.82, 2.24) is 4.90 Å². The molecule has 0 atom stereocenters. The van der Waals surface area contributed by atoms with Gasteiger partial charge in [0.25, 0.3) is 0 Å². The Bertz CT molecular complexity index is 315. The summed E-state index contributed by atoms with van der Waals surface area (Å²) in [4.78, 5) is 2.52. The van der Waals surface area contributed by atoms with Crippen LogP contribution in [0.25, 0.3) is 0 Å². The van der Waals surface area contributed by atoms with Crippen LogP contribution in [0.2, 0.25) is 0 Å². The predicted octanol–water partition coefficient (Wildman–Crippen LogP) is 6.69. The molecule has 0 aliphatic carbocycles. The molecule has 0 heterocycles. The fraction of sp³-hybridized carbons (Fsp3) is 0.636. The van der Waals surface area contributed by atoms with Crippen LogP contribution in [0, 0.1) is 0 Å². The number of nitrogens with zero attached hydrogens (tertiary/aromatic N) is 1. The first-order valence-corrected chi connectivity index (χ1v) is 9.29. The largest absolute Gasteiger partial charge is 0.291 e. The van der Waals surface area contributed by atoms with Crippen molar-refractivity contribution in [2.45, 2.75) is 77.7 Å². The van der Waals surface area contributed by atoms with E-state index in [1.54, 1.807) is 0 Å². The van der Waals surface area contributed by atoms with Crippen molar-refractivity contribution in [2.24, 2.45) is 0 Å². The molecule has 0 fully saturated rings. The summed E-state index contributed by atoms with van der Waals surface area (Å²) in [6, 6.07) is 0. The van der Waals surface area contributed by atoms with Gasteiger partial charge in [-0.25, -0.2) is 0 Å². The average Bonchev–Trinajstić information content (AvgIpc) is 2.50. The maximum absolute atomic E-state index is 3.77. The first-order valence-electron chi connectivity index (χ1n) is 9.29. The van der Waals surface area contributed by atoms with Crippen molar-refractivity contribution >= 4 is 0 Å². The summed E-state index contributed by atoms with van der Waals surface area (Å²) in [5, 5.41) is 0. The zero-order valence-corrected chi connectivity index (χ0v) is 15.9. The van der Waals surface area contributed by atoms with Crippen LogP contribution in [0.1, 0.15) is 72.1 Å². The number of hydrogen-bond donors (Lipinski definition) is 0. The van der Waals surface area contributed by atoms with Gasteiger partial charge in [-0.15, -0.1) is 13.2 Å². The highest BCUT2D eigenvalue weighted by molar-refractivity contribution is 4.94. The van der Waals surface area contributed by atoms with E-state index in [2.05, 4.69) is 63.1 Å². The molecule has 0 aromatic carbocycles. The van der Waals surface area contributed by atoms with E-state index in [4.69, 9.17) is 0 Å². The van der Waals surface area contributed by atoms with E-state index in [-0.39, 0.29) is 5.54 Å². The number of allylic oxidation sites excluding steroid dienone is 4. The third-order valence-corrected chi connectivity index (χ3v) is 3.99. The topological polar surface area (TPSA) is 3.24 Å². The Morgan fingerprint density at radius 2 is 1.04 bits per heavy atom. The molecule has 0 aromatic heterocycles. The van der Waals surface area contributed by atoms with Crippen LogP contribution in [0.15, 0.2) is 49.6 Å². The maximum Gasteiger partial charge on any atom is 0.0171 e. The lowest BCUT2D eigenvalue weighted by Crippen LogP contribution is -2.41. The fourth-order valence-corrected chi connectivity index (χ4v) is 2.36. The van der Waals surface area contributed by atoms with Gasteiger partial charge in [-0.05, 0) is 72.1 Å². The first-order chi connectivity index (χ1) is 11.0.